The van der Waals surface area contributed by atoms with E-state index in [2.05, 4.69) is 96.2 Å². The Balaban J connectivity index is 1.82. The molecular weight excluding hydrogens is 280 g/mol. The monoisotopic (exact) mass is 299 g/mol. The highest BCUT2D eigenvalue weighted by Crippen LogP contribution is 2.28. The van der Waals surface area contributed by atoms with Gasteiger partial charge in [-0.1, -0.05) is 30.3 Å². The number of nitrogens with zero attached hydrogens (tertiary/aromatic N) is 2. The van der Waals surface area contributed by atoms with Crippen LogP contribution in [0.5, 0.6) is 0 Å². The molecule has 0 saturated heterocycles. The number of aryl methyl sites for hydroxylation is 2. The lowest BCUT2D eigenvalue weighted by molar-refractivity contribution is -0.673. The van der Waals surface area contributed by atoms with Crippen molar-refractivity contribution in [2.24, 2.45) is 14.1 Å². The van der Waals surface area contributed by atoms with Gasteiger partial charge in [0.25, 0.3) is 0 Å². The lowest BCUT2D eigenvalue weighted by Crippen LogP contribution is -2.30. The average molecular weight is 299 g/mol. The molecule has 2 heterocycles. The first-order chi connectivity index (χ1) is 11.2. The van der Waals surface area contributed by atoms with Crippen LogP contribution >= 0.6 is 0 Å². The normalized spacial score (nSPS) is 11.7. The molecule has 112 valence electrons. The maximum atomic E-state index is 2.27. The molecule has 4 aromatic rings. The molecule has 2 aromatic carbocycles. The number of pyridine rings is 1. The zero-order chi connectivity index (χ0) is 15.8. The van der Waals surface area contributed by atoms with E-state index in [0.717, 1.165) is 0 Å². The third kappa shape index (κ3) is 2.33. The average Bonchev–Trinajstić information content (AvgIpc) is 2.87. The van der Waals surface area contributed by atoms with Crippen LogP contribution in [0.15, 0.2) is 66.9 Å². The molecule has 2 nitrogen and oxygen atoms in total. The summed E-state index contributed by atoms with van der Waals surface area (Å²) in [5, 5.41) is 2.63. The van der Waals surface area contributed by atoms with Gasteiger partial charge in [0.2, 0.25) is 5.69 Å². The Morgan fingerprint density at radius 3 is 2.48 bits per heavy atom. The van der Waals surface area contributed by atoms with Crippen molar-refractivity contribution >= 4 is 34.0 Å². The molecule has 0 fully saturated rings. The van der Waals surface area contributed by atoms with Crippen molar-refractivity contribution in [1.82, 2.24) is 4.57 Å². The van der Waals surface area contributed by atoms with Gasteiger partial charge in [-0.3, -0.25) is 0 Å². The highest BCUT2D eigenvalue weighted by molar-refractivity contribution is 6.08. The highest BCUT2D eigenvalue weighted by atomic mass is 14.9. The zero-order valence-corrected chi connectivity index (χ0v) is 13.4. The van der Waals surface area contributed by atoms with E-state index in [1.807, 2.05) is 6.07 Å². The van der Waals surface area contributed by atoms with Gasteiger partial charge in [0, 0.05) is 47.1 Å². The van der Waals surface area contributed by atoms with Crippen LogP contribution in [0.4, 0.5) is 0 Å². The number of benzene rings is 2. The van der Waals surface area contributed by atoms with Crippen LogP contribution < -0.4 is 4.57 Å². The smallest absolute Gasteiger partial charge is 0.204 e. The molecule has 4 rings (SSSR count). The van der Waals surface area contributed by atoms with E-state index >= 15 is 0 Å². The molecule has 0 aliphatic heterocycles. The van der Waals surface area contributed by atoms with Crippen LogP contribution in [-0.4, -0.2) is 4.57 Å². The van der Waals surface area contributed by atoms with Crippen LogP contribution in [-0.2, 0) is 14.1 Å². The maximum absolute atomic E-state index is 2.27. The van der Waals surface area contributed by atoms with Crippen molar-refractivity contribution < 1.29 is 4.57 Å². The molecule has 2 aromatic heterocycles. The Hall–Kier alpha value is -2.87. The van der Waals surface area contributed by atoms with E-state index in [-0.39, 0.29) is 0 Å². The summed E-state index contributed by atoms with van der Waals surface area (Å²) in [5.74, 6) is 0. The first kappa shape index (κ1) is 13.8. The van der Waals surface area contributed by atoms with E-state index in [1.54, 1.807) is 0 Å². The number of rotatable bonds is 2. The van der Waals surface area contributed by atoms with E-state index in [4.69, 9.17) is 0 Å². The van der Waals surface area contributed by atoms with Crippen LogP contribution in [0.3, 0.4) is 0 Å². The Morgan fingerprint density at radius 2 is 1.61 bits per heavy atom. The van der Waals surface area contributed by atoms with Gasteiger partial charge < -0.3 is 4.57 Å². The van der Waals surface area contributed by atoms with Gasteiger partial charge in [0.05, 0.1) is 0 Å². The Kier molecular flexibility index (Phi) is 3.23. The van der Waals surface area contributed by atoms with Gasteiger partial charge in [-0.05, 0) is 29.8 Å². The van der Waals surface area contributed by atoms with E-state index < -0.39 is 0 Å². The molecule has 23 heavy (non-hydrogen) atoms. The molecule has 0 bridgehead atoms. The largest absolute Gasteiger partial charge is 0.344 e. The topological polar surface area (TPSA) is 8.81 Å². The summed E-state index contributed by atoms with van der Waals surface area (Å²) in [6.45, 7) is 0. The van der Waals surface area contributed by atoms with Gasteiger partial charge in [0.15, 0.2) is 6.20 Å². The van der Waals surface area contributed by atoms with Crippen molar-refractivity contribution in [3.05, 3.63) is 78.1 Å². The fourth-order valence-electron chi connectivity index (χ4n) is 3.17. The Morgan fingerprint density at radius 1 is 0.826 bits per heavy atom. The molecule has 0 aliphatic carbocycles. The summed E-state index contributed by atoms with van der Waals surface area (Å²) < 4.78 is 4.39. The fourth-order valence-corrected chi connectivity index (χ4v) is 3.17. The minimum absolute atomic E-state index is 1.18. The maximum Gasteiger partial charge on any atom is 0.204 e. The number of aromatic nitrogens is 2. The second-order valence-electron chi connectivity index (χ2n) is 5.92. The van der Waals surface area contributed by atoms with E-state index in [9.17, 15) is 0 Å². The Bertz CT molecular complexity index is 1040. The number of hydrogen-bond acceptors (Lipinski definition) is 0. The highest BCUT2D eigenvalue weighted by Gasteiger charge is 2.07. The summed E-state index contributed by atoms with van der Waals surface area (Å²) >= 11 is 0. The van der Waals surface area contributed by atoms with Crippen LogP contribution in [0.1, 0.15) is 11.3 Å². The minimum atomic E-state index is 1.18. The molecule has 0 unspecified atom stereocenters. The van der Waals surface area contributed by atoms with Crippen molar-refractivity contribution in [3.8, 4) is 0 Å². The molecule has 0 N–H and O–H groups in total. The predicted octanol–water partition coefficient (Wildman–Crippen LogP) is 4.33. The molecule has 0 aliphatic rings. The summed E-state index contributed by atoms with van der Waals surface area (Å²) in [6, 6.07) is 21.5. The zero-order valence-electron chi connectivity index (χ0n) is 13.4. The van der Waals surface area contributed by atoms with E-state index in [0.29, 0.717) is 0 Å². The second-order valence-corrected chi connectivity index (χ2v) is 5.92. The quantitative estimate of drug-likeness (QED) is 0.487. The van der Waals surface area contributed by atoms with E-state index in [1.165, 1.54) is 33.1 Å². The summed E-state index contributed by atoms with van der Waals surface area (Å²) in [7, 11) is 4.20. The lowest BCUT2D eigenvalue weighted by atomic mass is 10.1. The molecule has 0 amide bonds. The molecule has 0 spiro atoms. The van der Waals surface area contributed by atoms with Crippen LogP contribution in [0.2, 0.25) is 0 Å². The minimum Gasteiger partial charge on any atom is -0.344 e. The molecule has 0 radical (unpaired) electrons. The number of para-hydroxylation sites is 1. The SMILES string of the molecule is Cn1c2ccccc2c2ccc(/C=C/c3cccc[n+]3C)cc21. The van der Waals surface area contributed by atoms with Gasteiger partial charge in [-0.25, -0.2) is 4.57 Å². The summed E-state index contributed by atoms with van der Waals surface area (Å²) in [4.78, 5) is 0. The van der Waals surface area contributed by atoms with Crippen molar-refractivity contribution in [3.63, 3.8) is 0 Å². The molecule has 2 heteroatoms. The van der Waals surface area contributed by atoms with Gasteiger partial charge in [-0.2, -0.15) is 0 Å². The Labute approximate surface area is 135 Å². The summed E-state index contributed by atoms with van der Waals surface area (Å²) in [5.41, 5.74) is 4.95. The third-order valence-corrected chi connectivity index (χ3v) is 4.48. The molecular formula is C21H19N2+. The summed E-state index contributed by atoms with van der Waals surface area (Å²) in [6.07, 6.45) is 6.39. The van der Waals surface area contributed by atoms with Gasteiger partial charge in [-0.15, -0.1) is 0 Å². The number of hydrogen-bond donors (Lipinski definition) is 0. The van der Waals surface area contributed by atoms with Crippen molar-refractivity contribution in [2.75, 3.05) is 0 Å². The molecule has 0 saturated carbocycles. The first-order valence-corrected chi connectivity index (χ1v) is 7.84. The van der Waals surface area contributed by atoms with Crippen molar-refractivity contribution in [2.45, 2.75) is 0 Å². The third-order valence-electron chi connectivity index (χ3n) is 4.48. The first-order valence-electron chi connectivity index (χ1n) is 7.84. The molecule has 0 atom stereocenters. The number of fused-ring (bicyclic) bond motifs is 3. The predicted molar refractivity (Wildman–Crippen MR) is 97.0 cm³/mol. The van der Waals surface area contributed by atoms with Crippen molar-refractivity contribution in [1.29, 1.82) is 0 Å². The van der Waals surface area contributed by atoms with Crippen LogP contribution in [0, 0.1) is 0 Å². The van der Waals surface area contributed by atoms with Crippen LogP contribution in [0.25, 0.3) is 34.0 Å². The lowest BCUT2D eigenvalue weighted by Gasteiger charge is -1.99. The fraction of sp³-hybridized carbons (Fsp3) is 0.0952. The second kappa shape index (κ2) is 5.40. The standard InChI is InChI=1S/C21H19N2/c1-22-14-6-5-7-17(22)12-10-16-11-13-19-18-8-3-4-9-20(18)23(2)21(19)15-16/h3-15H,1-2H3/q+1. The van der Waals surface area contributed by atoms with Gasteiger partial charge >= 0.3 is 0 Å². The van der Waals surface area contributed by atoms with Gasteiger partial charge in [0.1, 0.15) is 7.05 Å².